The van der Waals surface area contributed by atoms with Gasteiger partial charge in [-0.1, -0.05) is 42.5 Å². The van der Waals surface area contributed by atoms with Crippen molar-refractivity contribution < 1.29 is 32.8 Å². The summed E-state index contributed by atoms with van der Waals surface area (Å²) in [4.78, 5) is 72.5. The standard InChI is InChI=1S/C53H53F2N9O5/c1-34-3-10-43(50(66)62-23-17-41(18-24-62)39-12-5-36(30-56)6-13-39)28-47(34)61-52(68)59-22-21-58-49(65)33-64(53(69)60-32-38-9-16-45(54)46(55)27-38)48-29-44(11-4-35(48)2)51(67)63-25-19-42(20-26-63)40-14-7-37(31-57)8-15-40/h3-16,27-29,41-42H,17-26,32-33H2,1-2H3,(H,58,65)(H,60,69)(H2,59,61,68). The smallest absolute Gasteiger partial charge is 0.322 e. The Kier molecular flexibility index (Phi) is 16.0. The van der Waals surface area contributed by atoms with E-state index in [0.29, 0.717) is 59.7 Å². The van der Waals surface area contributed by atoms with Crippen LogP contribution in [0.3, 0.4) is 0 Å². The molecule has 2 aliphatic rings. The van der Waals surface area contributed by atoms with Crippen LogP contribution in [-0.4, -0.2) is 85.4 Å². The third-order valence-corrected chi connectivity index (χ3v) is 12.8. The van der Waals surface area contributed by atoms with Crippen molar-refractivity contribution in [1.82, 2.24) is 25.8 Å². The third kappa shape index (κ3) is 12.5. The quantitative estimate of drug-likeness (QED) is 0.0860. The molecule has 16 heteroatoms. The second-order valence-electron chi connectivity index (χ2n) is 17.4. The van der Waals surface area contributed by atoms with Gasteiger partial charge in [-0.05, 0) is 140 Å². The Bertz CT molecular complexity index is 2790. The summed E-state index contributed by atoms with van der Waals surface area (Å²) >= 11 is 0. The van der Waals surface area contributed by atoms with Crippen LogP contribution >= 0.6 is 0 Å². The summed E-state index contributed by atoms with van der Waals surface area (Å²) < 4.78 is 27.7. The molecule has 2 heterocycles. The molecule has 0 aromatic heterocycles. The highest BCUT2D eigenvalue weighted by Crippen LogP contribution is 2.32. The second-order valence-corrected chi connectivity index (χ2v) is 17.4. The van der Waals surface area contributed by atoms with Crippen molar-refractivity contribution >= 4 is 41.2 Å². The van der Waals surface area contributed by atoms with Crippen LogP contribution in [0.25, 0.3) is 0 Å². The average molecular weight is 934 g/mol. The van der Waals surface area contributed by atoms with E-state index in [9.17, 15) is 32.8 Å². The lowest BCUT2D eigenvalue weighted by molar-refractivity contribution is -0.119. The van der Waals surface area contributed by atoms with Crippen LogP contribution in [0, 0.1) is 48.1 Å². The van der Waals surface area contributed by atoms with Gasteiger partial charge in [0.05, 0.1) is 23.3 Å². The number of benzene rings is 5. The van der Waals surface area contributed by atoms with Crippen LogP contribution < -0.4 is 26.2 Å². The molecule has 0 atom stereocenters. The number of carbonyl (C=O) groups excluding carboxylic acids is 5. The SMILES string of the molecule is Cc1ccc(C(=O)N2CCC(c3ccc(C#N)cc3)CC2)cc1NC(=O)NCCNC(=O)CN(C(=O)NCc1ccc(F)c(F)c1)c1cc(C(=O)N2CCC(c3ccc(C#N)cc3)CC2)ccc1C. The predicted molar refractivity (Wildman–Crippen MR) is 256 cm³/mol. The Morgan fingerprint density at radius 2 is 1.14 bits per heavy atom. The minimum atomic E-state index is -1.08. The first kappa shape index (κ1) is 48.8. The van der Waals surface area contributed by atoms with E-state index >= 15 is 0 Å². The molecule has 7 rings (SSSR count). The van der Waals surface area contributed by atoms with Crippen molar-refractivity contribution in [2.45, 2.75) is 57.9 Å². The molecule has 354 valence electrons. The van der Waals surface area contributed by atoms with Crippen LogP contribution in [-0.2, 0) is 11.3 Å². The molecule has 5 aromatic carbocycles. The highest BCUT2D eigenvalue weighted by molar-refractivity contribution is 6.01. The van der Waals surface area contributed by atoms with Gasteiger partial charge in [0.1, 0.15) is 6.54 Å². The number of amides is 7. The number of carbonyl (C=O) groups is 5. The zero-order valence-electron chi connectivity index (χ0n) is 38.5. The van der Waals surface area contributed by atoms with E-state index in [1.807, 2.05) is 43.3 Å². The third-order valence-electron chi connectivity index (χ3n) is 12.8. The van der Waals surface area contributed by atoms with Gasteiger partial charge in [-0.2, -0.15) is 10.5 Å². The van der Waals surface area contributed by atoms with Crippen LogP contribution in [0.2, 0.25) is 0 Å². The van der Waals surface area contributed by atoms with E-state index in [0.717, 1.165) is 54.5 Å². The maximum Gasteiger partial charge on any atom is 0.322 e. The molecule has 0 aliphatic carbocycles. The molecule has 0 saturated carbocycles. The van der Waals surface area contributed by atoms with E-state index < -0.39 is 36.1 Å². The zero-order chi connectivity index (χ0) is 49.0. The van der Waals surface area contributed by atoms with Gasteiger partial charge in [-0.3, -0.25) is 19.3 Å². The number of likely N-dealkylation sites (tertiary alicyclic amines) is 2. The van der Waals surface area contributed by atoms with E-state index in [1.165, 1.54) is 11.0 Å². The van der Waals surface area contributed by atoms with Gasteiger partial charge in [0.2, 0.25) is 5.91 Å². The monoisotopic (exact) mass is 933 g/mol. The molecule has 69 heavy (non-hydrogen) atoms. The minimum Gasteiger partial charge on any atom is -0.353 e. The number of hydrogen-bond acceptors (Lipinski definition) is 7. The number of nitrogens with zero attached hydrogens (tertiary/aromatic N) is 5. The lowest BCUT2D eigenvalue weighted by Gasteiger charge is -2.32. The van der Waals surface area contributed by atoms with Gasteiger partial charge >= 0.3 is 12.1 Å². The molecule has 0 spiro atoms. The number of nitrogens with one attached hydrogen (secondary N) is 4. The summed E-state index contributed by atoms with van der Waals surface area (Å²) in [6.07, 6.45) is 3.03. The summed E-state index contributed by atoms with van der Waals surface area (Å²) in [5, 5.41) is 29.2. The molecule has 4 N–H and O–H groups in total. The van der Waals surface area contributed by atoms with Crippen LogP contribution in [0.4, 0.5) is 29.7 Å². The summed E-state index contributed by atoms with van der Waals surface area (Å²) in [6.45, 7) is 5.00. The number of rotatable bonds is 13. The molecule has 7 amide bonds. The first-order valence-corrected chi connectivity index (χ1v) is 22.9. The highest BCUT2D eigenvalue weighted by atomic mass is 19.2. The number of halogens is 2. The van der Waals surface area contributed by atoms with Gasteiger partial charge in [-0.25, -0.2) is 18.4 Å². The molecular formula is C53H53F2N9O5. The van der Waals surface area contributed by atoms with Crippen molar-refractivity contribution in [3.05, 3.63) is 165 Å². The molecule has 0 unspecified atom stereocenters. The molecule has 2 aliphatic heterocycles. The van der Waals surface area contributed by atoms with Crippen molar-refractivity contribution in [2.75, 3.05) is 56.0 Å². The number of urea groups is 2. The largest absolute Gasteiger partial charge is 0.353 e. The molecule has 0 radical (unpaired) electrons. The highest BCUT2D eigenvalue weighted by Gasteiger charge is 2.28. The molecule has 5 aromatic rings. The van der Waals surface area contributed by atoms with Gasteiger partial charge in [-0.15, -0.1) is 0 Å². The maximum absolute atomic E-state index is 14.0. The first-order valence-electron chi connectivity index (χ1n) is 22.9. The Hall–Kier alpha value is -8.11. The van der Waals surface area contributed by atoms with Crippen molar-refractivity contribution in [1.29, 1.82) is 10.5 Å². The van der Waals surface area contributed by atoms with E-state index in [2.05, 4.69) is 33.4 Å². The second kappa shape index (κ2) is 22.6. The fourth-order valence-electron chi connectivity index (χ4n) is 8.71. The normalized spacial score (nSPS) is 13.9. The van der Waals surface area contributed by atoms with Crippen LogP contribution in [0.15, 0.2) is 103 Å². The number of hydrogen-bond donors (Lipinski definition) is 4. The number of aryl methyl sites for hydroxylation is 2. The fourth-order valence-corrected chi connectivity index (χ4v) is 8.71. The fraction of sp³-hybridized carbons (Fsp3) is 0.302. The molecule has 2 saturated heterocycles. The summed E-state index contributed by atoms with van der Waals surface area (Å²) in [6, 6.07) is 31.3. The molecule has 14 nitrogen and oxygen atoms in total. The van der Waals surface area contributed by atoms with Crippen LogP contribution in [0.5, 0.6) is 0 Å². The number of nitriles is 2. The van der Waals surface area contributed by atoms with Crippen molar-refractivity contribution in [3.63, 3.8) is 0 Å². The van der Waals surface area contributed by atoms with Crippen molar-refractivity contribution in [2.24, 2.45) is 0 Å². The van der Waals surface area contributed by atoms with Crippen LogP contribution in [0.1, 0.15) is 97.2 Å². The maximum atomic E-state index is 14.0. The average Bonchev–Trinajstić information content (AvgIpc) is 3.37. The van der Waals surface area contributed by atoms with Gasteiger partial charge in [0.25, 0.3) is 11.8 Å². The van der Waals surface area contributed by atoms with E-state index in [-0.39, 0.29) is 54.5 Å². The lowest BCUT2D eigenvalue weighted by Crippen LogP contribution is -2.47. The Morgan fingerprint density at radius 1 is 0.623 bits per heavy atom. The van der Waals surface area contributed by atoms with Gasteiger partial charge in [0, 0.05) is 68.3 Å². The Morgan fingerprint density at radius 3 is 1.68 bits per heavy atom. The minimum absolute atomic E-state index is 0.0106. The lowest BCUT2D eigenvalue weighted by atomic mass is 9.89. The van der Waals surface area contributed by atoms with Gasteiger partial charge in [0.15, 0.2) is 11.6 Å². The number of anilines is 2. The Balaban J connectivity index is 0.939. The van der Waals surface area contributed by atoms with E-state index in [1.54, 1.807) is 65.3 Å². The van der Waals surface area contributed by atoms with Gasteiger partial charge < -0.3 is 31.1 Å². The number of piperidine rings is 2. The molecule has 2 fully saturated rings. The zero-order valence-corrected chi connectivity index (χ0v) is 38.5. The summed E-state index contributed by atoms with van der Waals surface area (Å²) in [5.41, 5.74) is 6.53. The van der Waals surface area contributed by atoms with E-state index in [4.69, 9.17) is 10.5 Å². The topological polar surface area (TPSA) is 191 Å². The molecular weight excluding hydrogens is 881 g/mol. The first-order chi connectivity index (χ1) is 33.3. The summed E-state index contributed by atoms with van der Waals surface area (Å²) in [5.74, 6) is -2.55. The summed E-state index contributed by atoms with van der Waals surface area (Å²) in [7, 11) is 0. The molecule has 0 bridgehead atoms. The van der Waals surface area contributed by atoms with Crippen molar-refractivity contribution in [3.8, 4) is 12.1 Å². The Labute approximate surface area is 399 Å². The predicted octanol–water partition coefficient (Wildman–Crippen LogP) is 8.02.